The summed E-state index contributed by atoms with van der Waals surface area (Å²) in [6.07, 6.45) is 21.0. The molecule has 0 aliphatic heterocycles. The van der Waals surface area contributed by atoms with Crippen molar-refractivity contribution in [3.05, 3.63) is 0 Å². The maximum atomic E-state index is 10.6. The van der Waals surface area contributed by atoms with Gasteiger partial charge in [0.25, 0.3) is 0 Å². The Bertz CT molecular complexity index is 698. The van der Waals surface area contributed by atoms with E-state index < -0.39 is 45.5 Å². The fraction of sp³-hybridized carbons (Fsp3) is 0.900. The van der Waals surface area contributed by atoms with Gasteiger partial charge in [-0.1, -0.05) is 186 Å². The second kappa shape index (κ2) is 32.6. The normalized spacial score (nSPS) is 11.3. The van der Waals surface area contributed by atoms with Gasteiger partial charge >= 0.3 is 23.9 Å². The van der Waals surface area contributed by atoms with Gasteiger partial charge in [-0.25, -0.2) is 0 Å². The standard InChI is InChI=1S/4C10H20O2.Sn/c4*1-4-5-6-7-8-10(2,3)9(11)12;/h4*4-8H2,1-3H3,(H,11,12);/q;;;;+4/p-4. The van der Waals surface area contributed by atoms with Crippen molar-refractivity contribution in [1.29, 1.82) is 0 Å². The minimum Gasteiger partial charge on any atom is -0.550 e. The molecule has 0 aliphatic carbocycles. The van der Waals surface area contributed by atoms with E-state index in [2.05, 4.69) is 27.7 Å². The van der Waals surface area contributed by atoms with Crippen LogP contribution in [0.5, 0.6) is 0 Å². The van der Waals surface area contributed by atoms with E-state index in [0.29, 0.717) is 0 Å². The van der Waals surface area contributed by atoms with Crippen LogP contribution in [0.1, 0.15) is 212 Å². The van der Waals surface area contributed by atoms with Gasteiger partial charge in [0.2, 0.25) is 0 Å². The van der Waals surface area contributed by atoms with Crippen molar-refractivity contribution in [3.63, 3.8) is 0 Å². The number of unbranched alkanes of at least 4 members (excludes halogenated alkanes) is 12. The smallest absolute Gasteiger partial charge is 0.550 e. The van der Waals surface area contributed by atoms with Crippen LogP contribution in [-0.2, 0) is 19.2 Å². The minimum absolute atomic E-state index is 0. The zero-order chi connectivity index (χ0) is 38.5. The molecule has 0 spiro atoms. The number of carbonyl (C=O) groups excluding carboxylic acids is 4. The summed E-state index contributed by atoms with van der Waals surface area (Å²) in [4.78, 5) is 42.3. The maximum absolute atomic E-state index is 10.6. The average Bonchev–Trinajstić information content (AvgIpc) is 2.99. The van der Waals surface area contributed by atoms with E-state index in [1.165, 1.54) is 51.4 Å². The molecule has 0 N–H and O–H groups in total. The van der Waals surface area contributed by atoms with E-state index >= 15 is 0 Å². The van der Waals surface area contributed by atoms with Crippen LogP contribution in [-0.4, -0.2) is 47.8 Å². The molecule has 288 valence electrons. The largest absolute Gasteiger partial charge is 4.00 e. The topological polar surface area (TPSA) is 161 Å². The molecule has 0 aromatic heterocycles. The van der Waals surface area contributed by atoms with Crippen molar-refractivity contribution in [2.24, 2.45) is 21.7 Å². The Morgan fingerprint density at radius 2 is 0.469 bits per heavy atom. The Labute approximate surface area is 319 Å². The first-order chi connectivity index (χ1) is 22.0. The molecule has 0 aromatic rings. The SMILES string of the molecule is CCCCCCC(C)(C)C(=O)[O-].CCCCCCC(C)(C)C(=O)[O-].CCCCCCC(C)(C)C(=O)[O-].CCCCCCC(C)(C)C(=O)[O-].[Sn+4]. The summed E-state index contributed by atoms with van der Waals surface area (Å²) in [6.45, 7) is 22.4. The van der Waals surface area contributed by atoms with Crippen LogP contribution in [0, 0.1) is 21.7 Å². The van der Waals surface area contributed by atoms with Gasteiger partial charge in [0.15, 0.2) is 0 Å². The first kappa shape index (κ1) is 57.0. The van der Waals surface area contributed by atoms with Gasteiger partial charge in [-0.3, -0.25) is 0 Å². The summed E-state index contributed by atoms with van der Waals surface area (Å²) in [7, 11) is 0. The van der Waals surface area contributed by atoms with E-state index in [1.807, 2.05) is 0 Å². The molecule has 0 bridgehead atoms. The quantitative estimate of drug-likeness (QED) is 0.0785. The van der Waals surface area contributed by atoms with E-state index in [9.17, 15) is 39.6 Å². The Kier molecular flexibility index (Phi) is 37.9. The molecule has 0 radical (unpaired) electrons. The first-order valence-corrected chi connectivity index (χ1v) is 18.9. The molecule has 0 saturated carbocycles. The summed E-state index contributed by atoms with van der Waals surface area (Å²) in [6, 6.07) is 0. The van der Waals surface area contributed by atoms with Crippen LogP contribution >= 0.6 is 0 Å². The van der Waals surface area contributed by atoms with Gasteiger partial charge in [0.05, 0.1) is 0 Å². The Hall–Kier alpha value is -1.32. The fourth-order valence-corrected chi connectivity index (χ4v) is 4.38. The van der Waals surface area contributed by atoms with Gasteiger partial charge in [-0.15, -0.1) is 0 Å². The second-order valence-corrected chi connectivity index (χ2v) is 15.9. The Balaban J connectivity index is -0.000000174. The van der Waals surface area contributed by atoms with Crippen LogP contribution in [0.2, 0.25) is 0 Å². The number of aliphatic carboxylic acids is 4. The number of hydrogen-bond donors (Lipinski definition) is 0. The summed E-state index contributed by atoms with van der Waals surface area (Å²) in [5.74, 6) is -3.73. The van der Waals surface area contributed by atoms with E-state index in [1.54, 1.807) is 55.4 Å². The van der Waals surface area contributed by atoms with Crippen LogP contribution in [0.25, 0.3) is 0 Å². The molecule has 0 unspecified atom stereocenters. The van der Waals surface area contributed by atoms with Crippen LogP contribution < -0.4 is 20.4 Å². The molecule has 9 heteroatoms. The molecular weight excluding hydrogens is 727 g/mol. The molecule has 0 saturated heterocycles. The van der Waals surface area contributed by atoms with Crippen molar-refractivity contribution in [3.8, 4) is 0 Å². The van der Waals surface area contributed by atoms with Gasteiger partial charge in [0.1, 0.15) is 0 Å². The molecule has 0 atom stereocenters. The van der Waals surface area contributed by atoms with Crippen LogP contribution in [0.4, 0.5) is 0 Å². The van der Waals surface area contributed by atoms with Gasteiger partial charge < -0.3 is 39.6 Å². The average molecular weight is 804 g/mol. The third-order valence-electron chi connectivity index (χ3n) is 8.83. The van der Waals surface area contributed by atoms with Crippen LogP contribution in [0.15, 0.2) is 0 Å². The fourth-order valence-electron chi connectivity index (χ4n) is 4.38. The van der Waals surface area contributed by atoms with E-state index in [-0.39, 0.29) is 23.9 Å². The molecule has 0 rings (SSSR count). The van der Waals surface area contributed by atoms with Crippen molar-refractivity contribution in [2.45, 2.75) is 212 Å². The van der Waals surface area contributed by atoms with E-state index in [0.717, 1.165) is 77.0 Å². The second-order valence-electron chi connectivity index (χ2n) is 15.9. The van der Waals surface area contributed by atoms with Gasteiger partial charge in [-0.2, -0.15) is 0 Å². The molecular formula is C40H76O8Sn. The third kappa shape index (κ3) is 36.3. The van der Waals surface area contributed by atoms with Crippen molar-refractivity contribution < 1.29 is 39.6 Å². The summed E-state index contributed by atoms with van der Waals surface area (Å²) in [5, 5.41) is 42.3. The summed E-state index contributed by atoms with van der Waals surface area (Å²) < 4.78 is 0. The number of carbonyl (C=O) groups is 4. The van der Waals surface area contributed by atoms with Crippen molar-refractivity contribution in [1.82, 2.24) is 0 Å². The molecule has 0 aliphatic rings. The molecule has 0 heterocycles. The number of rotatable bonds is 24. The number of carboxylic acid groups (broad SMARTS) is 4. The first-order valence-electron chi connectivity index (χ1n) is 18.9. The Morgan fingerprint density at radius 3 is 0.571 bits per heavy atom. The molecule has 0 fully saturated rings. The molecule has 8 nitrogen and oxygen atoms in total. The molecule has 0 amide bonds. The predicted octanol–water partition coefficient (Wildman–Crippen LogP) is 6.55. The summed E-state index contributed by atoms with van der Waals surface area (Å²) >= 11 is 0. The number of hydrogen-bond acceptors (Lipinski definition) is 8. The van der Waals surface area contributed by atoms with E-state index in [4.69, 9.17) is 0 Å². The zero-order valence-corrected chi connectivity index (χ0v) is 36.8. The summed E-state index contributed by atoms with van der Waals surface area (Å²) in [5.41, 5.74) is -2.58. The van der Waals surface area contributed by atoms with Gasteiger partial charge in [-0.05, 0) is 25.7 Å². The maximum Gasteiger partial charge on any atom is 4.00 e. The minimum atomic E-state index is -0.931. The molecule has 0 aromatic carbocycles. The van der Waals surface area contributed by atoms with Crippen molar-refractivity contribution >= 4 is 47.8 Å². The molecule has 49 heavy (non-hydrogen) atoms. The Morgan fingerprint density at radius 1 is 0.327 bits per heavy atom. The van der Waals surface area contributed by atoms with Crippen molar-refractivity contribution in [2.75, 3.05) is 0 Å². The third-order valence-corrected chi connectivity index (χ3v) is 8.83. The monoisotopic (exact) mass is 804 g/mol. The zero-order valence-electron chi connectivity index (χ0n) is 33.9. The van der Waals surface area contributed by atoms with Crippen LogP contribution in [0.3, 0.4) is 0 Å². The predicted molar refractivity (Wildman–Crippen MR) is 196 cm³/mol. The number of carboxylic acids is 4. The van der Waals surface area contributed by atoms with Gasteiger partial charge in [0, 0.05) is 45.5 Å².